The lowest BCUT2D eigenvalue weighted by molar-refractivity contribution is 0.0730. The molecule has 2 aromatic rings. The van der Waals surface area contributed by atoms with Gasteiger partial charge in [-0.25, -0.2) is 8.42 Å². The van der Waals surface area contributed by atoms with Crippen LogP contribution in [-0.2, 0) is 14.8 Å². The van der Waals surface area contributed by atoms with Gasteiger partial charge in [0.25, 0.3) is 5.91 Å². The van der Waals surface area contributed by atoms with Crippen molar-refractivity contribution in [3.05, 3.63) is 53.9 Å². The van der Waals surface area contributed by atoms with Crippen LogP contribution in [0.1, 0.15) is 35.9 Å². The number of aromatic nitrogens is 1. The number of nitrogens with one attached hydrogen (secondary N) is 2. The van der Waals surface area contributed by atoms with E-state index in [-0.39, 0.29) is 22.5 Å². The number of hydrogen-bond donors (Lipinski definition) is 2. The smallest absolute Gasteiger partial charge is 0.267 e. The number of carbonyl (C=O) groups is 1. The standard InChI is InChI=1S/C21H30N4O4S/c1-3-24(4-2)20(17-8-6-5-7-9-17)16-23-21(26)19-14-18(15-22-19)30(27,28)25-10-12-29-13-11-25/h5-9,14-15,20,22H,3-4,10-13,16H2,1-2H3,(H,23,26). The van der Waals surface area contributed by atoms with Crippen molar-refractivity contribution in [2.45, 2.75) is 24.8 Å². The van der Waals surface area contributed by atoms with Crippen molar-refractivity contribution in [1.29, 1.82) is 0 Å². The van der Waals surface area contributed by atoms with E-state index in [1.54, 1.807) is 0 Å². The van der Waals surface area contributed by atoms with Crippen LogP contribution in [0, 0.1) is 0 Å². The molecule has 0 bridgehead atoms. The Morgan fingerprint density at radius 2 is 1.87 bits per heavy atom. The van der Waals surface area contributed by atoms with Gasteiger partial charge in [-0.15, -0.1) is 0 Å². The number of likely N-dealkylation sites (N-methyl/N-ethyl adjacent to an activating group) is 1. The van der Waals surface area contributed by atoms with Gasteiger partial charge in [0.15, 0.2) is 0 Å². The van der Waals surface area contributed by atoms with E-state index in [1.165, 1.54) is 16.6 Å². The highest BCUT2D eigenvalue weighted by Gasteiger charge is 2.28. The van der Waals surface area contributed by atoms with Gasteiger partial charge >= 0.3 is 0 Å². The molecule has 1 aromatic carbocycles. The minimum absolute atomic E-state index is 0.0386. The average Bonchev–Trinajstić information content (AvgIpc) is 3.29. The van der Waals surface area contributed by atoms with E-state index >= 15 is 0 Å². The van der Waals surface area contributed by atoms with Gasteiger partial charge in [-0.2, -0.15) is 4.31 Å². The molecule has 9 heteroatoms. The van der Waals surface area contributed by atoms with Crippen molar-refractivity contribution in [2.75, 3.05) is 45.9 Å². The molecule has 0 radical (unpaired) electrons. The number of ether oxygens (including phenoxy) is 1. The van der Waals surface area contributed by atoms with Gasteiger partial charge in [0, 0.05) is 25.8 Å². The van der Waals surface area contributed by atoms with Crippen molar-refractivity contribution in [2.24, 2.45) is 0 Å². The zero-order valence-corrected chi connectivity index (χ0v) is 18.3. The number of hydrogen-bond acceptors (Lipinski definition) is 5. The molecule has 0 spiro atoms. The Labute approximate surface area is 178 Å². The van der Waals surface area contributed by atoms with Gasteiger partial charge in [0.05, 0.1) is 19.3 Å². The van der Waals surface area contributed by atoms with Crippen molar-refractivity contribution in [3.8, 4) is 0 Å². The highest BCUT2D eigenvalue weighted by molar-refractivity contribution is 7.89. The van der Waals surface area contributed by atoms with E-state index in [9.17, 15) is 13.2 Å². The molecule has 1 aliphatic heterocycles. The summed E-state index contributed by atoms with van der Waals surface area (Å²) in [5.74, 6) is -0.327. The quantitative estimate of drug-likeness (QED) is 0.628. The van der Waals surface area contributed by atoms with E-state index in [4.69, 9.17) is 4.74 Å². The molecule has 0 aliphatic carbocycles. The maximum Gasteiger partial charge on any atom is 0.267 e. The number of sulfonamides is 1. The van der Waals surface area contributed by atoms with Crippen LogP contribution >= 0.6 is 0 Å². The molecule has 2 N–H and O–H groups in total. The third-order valence-corrected chi connectivity index (χ3v) is 7.28. The molecular weight excluding hydrogens is 404 g/mol. The normalized spacial score (nSPS) is 16.5. The maximum atomic E-state index is 12.8. The monoisotopic (exact) mass is 434 g/mol. The van der Waals surface area contributed by atoms with Gasteiger partial charge in [0.2, 0.25) is 10.0 Å². The molecule has 8 nitrogen and oxygen atoms in total. The first-order valence-electron chi connectivity index (χ1n) is 10.3. The summed E-state index contributed by atoms with van der Waals surface area (Å²) in [6, 6.07) is 11.5. The molecule has 2 heterocycles. The summed E-state index contributed by atoms with van der Waals surface area (Å²) in [5.41, 5.74) is 1.36. The Morgan fingerprint density at radius 1 is 1.20 bits per heavy atom. The number of carbonyl (C=O) groups excluding carboxylic acids is 1. The van der Waals surface area contributed by atoms with Crippen molar-refractivity contribution >= 4 is 15.9 Å². The molecule has 1 aliphatic rings. The van der Waals surface area contributed by atoms with Crippen LogP contribution in [0.25, 0.3) is 0 Å². The second-order valence-electron chi connectivity index (χ2n) is 7.12. The molecule has 0 saturated carbocycles. The Morgan fingerprint density at radius 3 is 2.50 bits per heavy atom. The summed E-state index contributed by atoms with van der Waals surface area (Å²) in [7, 11) is -3.64. The summed E-state index contributed by atoms with van der Waals surface area (Å²) in [4.78, 5) is 17.9. The third-order valence-electron chi connectivity index (χ3n) is 5.40. The summed E-state index contributed by atoms with van der Waals surface area (Å²) in [6.45, 7) is 7.72. The second-order valence-corrected chi connectivity index (χ2v) is 9.06. The molecule has 30 heavy (non-hydrogen) atoms. The summed E-state index contributed by atoms with van der Waals surface area (Å²) in [5, 5.41) is 2.95. The molecule has 1 amide bonds. The van der Waals surface area contributed by atoms with Gasteiger partial charge in [-0.1, -0.05) is 44.2 Å². The van der Waals surface area contributed by atoms with Crippen LogP contribution in [0.2, 0.25) is 0 Å². The number of nitrogens with zero attached hydrogens (tertiary/aromatic N) is 2. The number of morpholine rings is 1. The molecule has 1 saturated heterocycles. The molecule has 1 atom stereocenters. The highest BCUT2D eigenvalue weighted by atomic mass is 32.2. The fourth-order valence-corrected chi connectivity index (χ4v) is 5.08. The zero-order chi connectivity index (χ0) is 21.6. The van der Waals surface area contributed by atoms with Crippen LogP contribution in [0.5, 0.6) is 0 Å². The molecule has 164 valence electrons. The number of aromatic amines is 1. The average molecular weight is 435 g/mol. The van der Waals surface area contributed by atoms with Crippen molar-refractivity contribution in [1.82, 2.24) is 19.5 Å². The largest absolute Gasteiger partial charge is 0.379 e. The fourth-order valence-electron chi connectivity index (χ4n) is 3.67. The van der Waals surface area contributed by atoms with Crippen molar-refractivity contribution in [3.63, 3.8) is 0 Å². The Balaban J connectivity index is 1.69. The van der Waals surface area contributed by atoms with Gasteiger partial charge in [0.1, 0.15) is 10.6 Å². The third kappa shape index (κ3) is 5.10. The van der Waals surface area contributed by atoms with Crippen LogP contribution in [-0.4, -0.2) is 74.5 Å². The van der Waals surface area contributed by atoms with E-state index < -0.39 is 10.0 Å². The first-order chi connectivity index (χ1) is 14.5. The lowest BCUT2D eigenvalue weighted by atomic mass is 10.1. The molecular formula is C21H30N4O4S. The number of benzene rings is 1. The Bertz CT molecular complexity index is 919. The van der Waals surface area contributed by atoms with E-state index in [0.717, 1.165) is 18.7 Å². The number of amides is 1. The minimum atomic E-state index is -3.64. The predicted molar refractivity (Wildman–Crippen MR) is 115 cm³/mol. The van der Waals surface area contributed by atoms with Gasteiger partial charge in [-0.3, -0.25) is 9.69 Å². The topological polar surface area (TPSA) is 94.7 Å². The van der Waals surface area contributed by atoms with Crippen LogP contribution < -0.4 is 5.32 Å². The van der Waals surface area contributed by atoms with E-state index in [0.29, 0.717) is 32.8 Å². The van der Waals surface area contributed by atoms with Crippen molar-refractivity contribution < 1.29 is 17.9 Å². The zero-order valence-electron chi connectivity index (χ0n) is 17.5. The second kappa shape index (κ2) is 10.2. The minimum Gasteiger partial charge on any atom is -0.379 e. The lowest BCUT2D eigenvalue weighted by Gasteiger charge is -2.30. The molecule has 1 fully saturated rings. The van der Waals surface area contributed by atoms with E-state index in [1.807, 2.05) is 18.2 Å². The highest BCUT2D eigenvalue weighted by Crippen LogP contribution is 2.21. The maximum absolute atomic E-state index is 12.8. The molecule has 1 unspecified atom stereocenters. The molecule has 1 aromatic heterocycles. The Hall–Kier alpha value is -2.20. The number of rotatable bonds is 9. The van der Waals surface area contributed by atoms with Crippen LogP contribution in [0.3, 0.4) is 0 Å². The fraction of sp³-hybridized carbons (Fsp3) is 0.476. The first kappa shape index (κ1) is 22.5. The first-order valence-corrected chi connectivity index (χ1v) is 11.7. The lowest BCUT2D eigenvalue weighted by Crippen LogP contribution is -2.40. The van der Waals surface area contributed by atoms with Gasteiger partial charge in [-0.05, 0) is 24.7 Å². The summed E-state index contributed by atoms with van der Waals surface area (Å²) in [6.07, 6.45) is 1.37. The summed E-state index contributed by atoms with van der Waals surface area (Å²) >= 11 is 0. The predicted octanol–water partition coefficient (Wildman–Crippen LogP) is 1.85. The van der Waals surface area contributed by atoms with Crippen LogP contribution in [0.15, 0.2) is 47.5 Å². The van der Waals surface area contributed by atoms with Crippen LogP contribution in [0.4, 0.5) is 0 Å². The van der Waals surface area contributed by atoms with Gasteiger partial charge < -0.3 is 15.0 Å². The SMILES string of the molecule is CCN(CC)C(CNC(=O)c1cc(S(=O)(=O)N2CCOCC2)c[nH]1)c1ccccc1. The summed E-state index contributed by atoms with van der Waals surface area (Å²) < 4.78 is 32.1. The Kier molecular flexibility index (Phi) is 7.65. The molecule has 3 rings (SSSR count). The van der Waals surface area contributed by atoms with E-state index in [2.05, 4.69) is 41.2 Å². The number of H-pyrrole nitrogens is 1.